The molecular weight excluding hydrogens is 418 g/mol. The molecule has 5 rings (SSSR count). The van der Waals surface area contributed by atoms with Crippen molar-refractivity contribution in [3.63, 3.8) is 0 Å². The topological polar surface area (TPSA) is 3.24 Å². The summed E-state index contributed by atoms with van der Waals surface area (Å²) in [4.78, 5) is 2.32. The van der Waals surface area contributed by atoms with Gasteiger partial charge in [0.15, 0.2) is 0 Å². The van der Waals surface area contributed by atoms with Crippen LogP contribution >= 0.6 is 15.9 Å². The first-order valence-corrected chi connectivity index (χ1v) is 10.7. The molecule has 0 unspecified atom stereocenters. The fourth-order valence-corrected chi connectivity index (χ4v) is 4.95. The van der Waals surface area contributed by atoms with Crippen LogP contribution in [-0.2, 0) is 5.41 Å². The molecule has 0 amide bonds. The number of hydrogen-bond donors (Lipinski definition) is 0. The zero-order chi connectivity index (χ0) is 20.0. The third-order valence-electron chi connectivity index (χ3n) is 5.93. The maximum Gasteiger partial charge on any atom is 0.0603 e. The lowest BCUT2D eigenvalue weighted by atomic mass is 9.82. The Labute approximate surface area is 180 Å². The van der Waals surface area contributed by atoms with Crippen LogP contribution in [0.25, 0.3) is 11.1 Å². The van der Waals surface area contributed by atoms with Crippen molar-refractivity contribution in [3.8, 4) is 11.1 Å². The van der Waals surface area contributed by atoms with Gasteiger partial charge < -0.3 is 4.90 Å². The van der Waals surface area contributed by atoms with Crippen LogP contribution in [0.4, 0.5) is 17.1 Å². The molecule has 4 aromatic rings. The second-order valence-electron chi connectivity index (χ2n) is 8.02. The summed E-state index contributed by atoms with van der Waals surface area (Å²) in [6.07, 6.45) is 0. The van der Waals surface area contributed by atoms with Crippen molar-refractivity contribution < 1.29 is 0 Å². The van der Waals surface area contributed by atoms with Gasteiger partial charge in [0.2, 0.25) is 0 Å². The number of fused-ring (bicyclic) bond motifs is 3. The predicted octanol–water partition coefficient (Wildman–Crippen LogP) is 8.23. The second-order valence-corrected chi connectivity index (χ2v) is 8.88. The van der Waals surface area contributed by atoms with E-state index in [1.165, 1.54) is 22.3 Å². The van der Waals surface area contributed by atoms with Gasteiger partial charge in [0.1, 0.15) is 0 Å². The highest BCUT2D eigenvalue weighted by atomic mass is 79.9. The van der Waals surface area contributed by atoms with E-state index >= 15 is 0 Å². The van der Waals surface area contributed by atoms with Crippen molar-refractivity contribution in [2.24, 2.45) is 0 Å². The van der Waals surface area contributed by atoms with E-state index in [9.17, 15) is 0 Å². The molecule has 0 saturated heterocycles. The van der Waals surface area contributed by atoms with Crippen molar-refractivity contribution in [2.75, 3.05) is 4.90 Å². The smallest absolute Gasteiger partial charge is 0.0603 e. The first-order valence-electron chi connectivity index (χ1n) is 9.91. The van der Waals surface area contributed by atoms with Gasteiger partial charge in [0.05, 0.1) is 5.69 Å². The van der Waals surface area contributed by atoms with Crippen molar-refractivity contribution in [1.82, 2.24) is 0 Å². The van der Waals surface area contributed by atoms with Gasteiger partial charge in [-0.15, -0.1) is 0 Å². The molecule has 0 heterocycles. The van der Waals surface area contributed by atoms with Crippen LogP contribution in [0, 0.1) is 0 Å². The van der Waals surface area contributed by atoms with E-state index in [0.717, 1.165) is 21.5 Å². The number of anilines is 3. The number of para-hydroxylation sites is 2. The van der Waals surface area contributed by atoms with Gasteiger partial charge in [-0.3, -0.25) is 0 Å². The van der Waals surface area contributed by atoms with E-state index in [1.54, 1.807) is 0 Å². The summed E-state index contributed by atoms with van der Waals surface area (Å²) >= 11 is 3.76. The van der Waals surface area contributed by atoms with Crippen LogP contribution in [0.1, 0.15) is 25.0 Å². The molecule has 0 aromatic heterocycles. The van der Waals surface area contributed by atoms with Gasteiger partial charge in [-0.25, -0.2) is 0 Å². The standard InChI is InChI=1S/C27H22BrN/c1-27(2)23-13-7-6-12-21(23)22-18-20(16-17-24(22)27)29(19-10-4-3-5-11-19)26-15-9-8-14-25(26)28/h3-18H,1-2H3. The SMILES string of the molecule is CC1(C)c2ccccc2-c2cc(N(c3ccccc3)c3ccccc3Br)ccc21. The lowest BCUT2D eigenvalue weighted by molar-refractivity contribution is 0.660. The van der Waals surface area contributed by atoms with Gasteiger partial charge in [-0.2, -0.15) is 0 Å². The summed E-state index contributed by atoms with van der Waals surface area (Å²) < 4.78 is 1.07. The Hall–Kier alpha value is -2.84. The molecule has 1 aliphatic rings. The van der Waals surface area contributed by atoms with Crippen LogP contribution in [-0.4, -0.2) is 0 Å². The highest BCUT2D eigenvalue weighted by Gasteiger charge is 2.35. The molecule has 1 aliphatic carbocycles. The summed E-state index contributed by atoms with van der Waals surface area (Å²) in [7, 11) is 0. The van der Waals surface area contributed by atoms with Crippen LogP contribution in [0.15, 0.2) is 102 Å². The van der Waals surface area contributed by atoms with Crippen LogP contribution in [0.2, 0.25) is 0 Å². The highest BCUT2D eigenvalue weighted by molar-refractivity contribution is 9.10. The molecule has 0 spiro atoms. The normalized spacial score (nSPS) is 13.6. The predicted molar refractivity (Wildman–Crippen MR) is 126 cm³/mol. The van der Waals surface area contributed by atoms with E-state index < -0.39 is 0 Å². The fourth-order valence-electron chi connectivity index (χ4n) is 4.48. The molecule has 0 aliphatic heterocycles. The zero-order valence-corrected chi connectivity index (χ0v) is 18.1. The molecule has 0 radical (unpaired) electrons. The fraction of sp³-hybridized carbons (Fsp3) is 0.111. The summed E-state index contributed by atoms with van der Waals surface area (Å²) in [6, 6.07) is 34.6. The Balaban J connectivity index is 1.73. The van der Waals surface area contributed by atoms with Crippen molar-refractivity contribution in [3.05, 3.63) is 113 Å². The molecule has 0 fully saturated rings. The number of halogens is 1. The number of hydrogen-bond acceptors (Lipinski definition) is 1. The van der Waals surface area contributed by atoms with Gasteiger partial charge in [-0.1, -0.05) is 74.5 Å². The van der Waals surface area contributed by atoms with E-state index in [-0.39, 0.29) is 5.41 Å². The first-order chi connectivity index (χ1) is 14.1. The Kier molecular flexibility index (Phi) is 4.33. The lowest BCUT2D eigenvalue weighted by Crippen LogP contribution is -2.15. The zero-order valence-electron chi connectivity index (χ0n) is 16.6. The number of nitrogens with zero attached hydrogens (tertiary/aromatic N) is 1. The molecular formula is C27H22BrN. The second kappa shape index (κ2) is 6.89. The number of rotatable bonds is 3. The molecule has 29 heavy (non-hydrogen) atoms. The maximum atomic E-state index is 3.76. The van der Waals surface area contributed by atoms with Gasteiger partial charge in [0.25, 0.3) is 0 Å². The molecule has 4 aromatic carbocycles. The minimum absolute atomic E-state index is 0.0232. The van der Waals surface area contributed by atoms with E-state index in [1.807, 2.05) is 0 Å². The third-order valence-corrected chi connectivity index (χ3v) is 6.60. The summed E-state index contributed by atoms with van der Waals surface area (Å²) in [5.41, 5.74) is 8.92. The number of benzene rings is 4. The van der Waals surface area contributed by atoms with Crippen molar-refractivity contribution in [1.29, 1.82) is 0 Å². The lowest BCUT2D eigenvalue weighted by Gasteiger charge is -2.27. The molecule has 2 heteroatoms. The average Bonchev–Trinajstić information content (AvgIpc) is 2.98. The van der Waals surface area contributed by atoms with E-state index in [2.05, 4.69) is 132 Å². The van der Waals surface area contributed by atoms with Crippen LogP contribution in [0.3, 0.4) is 0 Å². The summed E-state index contributed by atoms with van der Waals surface area (Å²) in [6.45, 7) is 4.64. The molecule has 0 N–H and O–H groups in total. The Morgan fingerprint density at radius 1 is 0.621 bits per heavy atom. The Morgan fingerprint density at radius 2 is 1.28 bits per heavy atom. The van der Waals surface area contributed by atoms with E-state index in [4.69, 9.17) is 0 Å². The Bertz CT molecular complexity index is 1190. The van der Waals surface area contributed by atoms with Gasteiger partial charge in [-0.05, 0) is 74.6 Å². The van der Waals surface area contributed by atoms with Crippen molar-refractivity contribution >= 4 is 33.0 Å². The molecule has 1 nitrogen and oxygen atoms in total. The summed E-state index contributed by atoms with van der Waals surface area (Å²) in [5, 5.41) is 0. The third kappa shape index (κ3) is 2.90. The molecule has 142 valence electrons. The van der Waals surface area contributed by atoms with Crippen molar-refractivity contribution in [2.45, 2.75) is 19.3 Å². The molecule has 0 atom stereocenters. The first kappa shape index (κ1) is 18.2. The van der Waals surface area contributed by atoms with Gasteiger partial charge in [0, 0.05) is 21.3 Å². The largest absolute Gasteiger partial charge is 0.309 e. The van der Waals surface area contributed by atoms with E-state index in [0.29, 0.717) is 0 Å². The minimum atomic E-state index is 0.0232. The molecule has 0 saturated carbocycles. The summed E-state index contributed by atoms with van der Waals surface area (Å²) in [5.74, 6) is 0. The monoisotopic (exact) mass is 439 g/mol. The van der Waals surface area contributed by atoms with Crippen LogP contribution in [0.5, 0.6) is 0 Å². The van der Waals surface area contributed by atoms with Gasteiger partial charge >= 0.3 is 0 Å². The van der Waals surface area contributed by atoms with Crippen LogP contribution < -0.4 is 4.90 Å². The quantitative estimate of drug-likeness (QED) is 0.310. The minimum Gasteiger partial charge on any atom is -0.309 e. The average molecular weight is 440 g/mol. The maximum absolute atomic E-state index is 3.76. The molecule has 0 bridgehead atoms. The Morgan fingerprint density at radius 3 is 2.07 bits per heavy atom. The highest BCUT2D eigenvalue weighted by Crippen LogP contribution is 2.50.